The lowest BCUT2D eigenvalue weighted by Crippen LogP contribution is -2.49. The fraction of sp³-hybridized carbons (Fsp3) is 0.750. The number of β-amino-alcohol motifs (C(OH)–C–C–N with tert-alkyl or cyclic N) is 1. The lowest BCUT2D eigenvalue weighted by atomic mass is 9.75. The van der Waals surface area contributed by atoms with Crippen LogP contribution in [-0.2, 0) is 11.3 Å². The van der Waals surface area contributed by atoms with E-state index in [0.717, 1.165) is 51.6 Å². The van der Waals surface area contributed by atoms with Crippen molar-refractivity contribution < 1.29 is 9.84 Å². The summed E-state index contributed by atoms with van der Waals surface area (Å²) in [5, 5.41) is 10.5. The van der Waals surface area contributed by atoms with Gasteiger partial charge < -0.3 is 9.84 Å². The molecule has 1 heterocycles. The van der Waals surface area contributed by atoms with Gasteiger partial charge in [-0.2, -0.15) is 0 Å². The summed E-state index contributed by atoms with van der Waals surface area (Å²) in [6.45, 7) is 13.4. The minimum absolute atomic E-state index is 0.320. The average molecular weight is 389 g/mol. The Labute approximate surface area is 171 Å². The van der Waals surface area contributed by atoms with Gasteiger partial charge in [0.1, 0.15) is 0 Å². The normalized spacial score (nSPS) is 28.5. The lowest BCUT2D eigenvalue weighted by Gasteiger charge is -2.38. The summed E-state index contributed by atoms with van der Waals surface area (Å²) in [5.74, 6) is 2.05. The highest BCUT2D eigenvalue weighted by Gasteiger charge is 2.32. The van der Waals surface area contributed by atoms with Crippen LogP contribution in [0.25, 0.3) is 0 Å². The zero-order valence-electron chi connectivity index (χ0n) is 18.1. The smallest absolute Gasteiger partial charge is 0.0900 e. The summed E-state index contributed by atoms with van der Waals surface area (Å²) in [6, 6.07) is 10.7. The number of piperazine rings is 1. The SMILES string of the molecule is CC(C)[C@@H]1CC[C@@H](C)C[C@@H]1OC[C@@H](O)CN1CCN(Cc2ccccc2)CC1. The number of benzene rings is 1. The van der Waals surface area contributed by atoms with Crippen molar-refractivity contribution in [2.45, 2.75) is 58.8 Å². The van der Waals surface area contributed by atoms with E-state index in [1.54, 1.807) is 0 Å². The zero-order valence-corrected chi connectivity index (χ0v) is 18.1. The van der Waals surface area contributed by atoms with Gasteiger partial charge in [-0.1, -0.05) is 57.5 Å². The number of hydrogen-bond acceptors (Lipinski definition) is 4. The molecule has 0 aromatic heterocycles. The predicted molar refractivity (Wildman–Crippen MR) is 115 cm³/mol. The van der Waals surface area contributed by atoms with Crippen LogP contribution in [0.2, 0.25) is 0 Å². The first-order valence-corrected chi connectivity index (χ1v) is 11.3. The van der Waals surface area contributed by atoms with E-state index in [2.05, 4.69) is 60.9 Å². The molecule has 4 heteroatoms. The first-order valence-electron chi connectivity index (χ1n) is 11.3. The third kappa shape index (κ3) is 6.55. The van der Waals surface area contributed by atoms with Crippen LogP contribution >= 0.6 is 0 Å². The van der Waals surface area contributed by atoms with Crippen molar-refractivity contribution in [2.75, 3.05) is 39.3 Å². The summed E-state index contributed by atoms with van der Waals surface area (Å²) in [5.41, 5.74) is 1.38. The van der Waals surface area contributed by atoms with Crippen LogP contribution in [0.4, 0.5) is 0 Å². The van der Waals surface area contributed by atoms with E-state index in [1.165, 1.54) is 18.4 Å². The Morgan fingerprint density at radius 2 is 1.71 bits per heavy atom. The minimum atomic E-state index is -0.384. The molecule has 4 atom stereocenters. The highest BCUT2D eigenvalue weighted by Crippen LogP contribution is 2.35. The van der Waals surface area contributed by atoms with Gasteiger partial charge >= 0.3 is 0 Å². The monoisotopic (exact) mass is 388 g/mol. The Morgan fingerprint density at radius 3 is 2.39 bits per heavy atom. The first-order chi connectivity index (χ1) is 13.5. The van der Waals surface area contributed by atoms with Gasteiger partial charge in [0.15, 0.2) is 0 Å². The maximum absolute atomic E-state index is 10.5. The van der Waals surface area contributed by atoms with E-state index in [4.69, 9.17) is 4.74 Å². The summed E-state index contributed by atoms with van der Waals surface area (Å²) in [7, 11) is 0. The summed E-state index contributed by atoms with van der Waals surface area (Å²) < 4.78 is 6.24. The highest BCUT2D eigenvalue weighted by molar-refractivity contribution is 5.14. The molecule has 0 unspecified atom stereocenters. The molecule has 4 nitrogen and oxygen atoms in total. The van der Waals surface area contributed by atoms with Gasteiger partial charge in [-0.25, -0.2) is 0 Å². The second kappa shape index (κ2) is 10.7. The molecule has 1 aromatic carbocycles. The molecule has 28 heavy (non-hydrogen) atoms. The third-order valence-electron chi connectivity index (χ3n) is 6.65. The van der Waals surface area contributed by atoms with E-state index in [1.807, 2.05) is 0 Å². The van der Waals surface area contributed by atoms with Gasteiger partial charge in [0.05, 0.1) is 18.8 Å². The summed E-state index contributed by atoms with van der Waals surface area (Å²) in [4.78, 5) is 4.89. The molecule has 1 N–H and O–H groups in total. The van der Waals surface area contributed by atoms with E-state index in [-0.39, 0.29) is 6.10 Å². The van der Waals surface area contributed by atoms with Gasteiger partial charge in [0.25, 0.3) is 0 Å². The molecule has 0 radical (unpaired) electrons. The Kier molecular flexibility index (Phi) is 8.34. The fourth-order valence-electron chi connectivity index (χ4n) is 4.86. The molecule has 158 valence electrons. The number of nitrogens with zero attached hydrogens (tertiary/aromatic N) is 2. The van der Waals surface area contributed by atoms with Crippen LogP contribution in [-0.4, -0.2) is 66.4 Å². The maximum Gasteiger partial charge on any atom is 0.0900 e. The summed E-state index contributed by atoms with van der Waals surface area (Å²) in [6.07, 6.45) is 3.67. The van der Waals surface area contributed by atoms with Crippen molar-refractivity contribution in [3.05, 3.63) is 35.9 Å². The Morgan fingerprint density at radius 1 is 1.04 bits per heavy atom. The number of aliphatic hydroxyl groups excluding tert-OH is 1. The van der Waals surface area contributed by atoms with Gasteiger partial charge in [-0.3, -0.25) is 9.80 Å². The minimum Gasteiger partial charge on any atom is -0.389 e. The van der Waals surface area contributed by atoms with Crippen LogP contribution < -0.4 is 0 Å². The van der Waals surface area contributed by atoms with Crippen LogP contribution in [0.3, 0.4) is 0 Å². The molecule has 1 aromatic rings. The number of rotatable bonds is 8. The third-order valence-corrected chi connectivity index (χ3v) is 6.65. The molecule has 2 aliphatic rings. The zero-order chi connectivity index (χ0) is 19.9. The van der Waals surface area contributed by atoms with Crippen molar-refractivity contribution >= 4 is 0 Å². The van der Waals surface area contributed by atoms with Crippen molar-refractivity contribution in [1.82, 2.24) is 9.80 Å². The van der Waals surface area contributed by atoms with Crippen molar-refractivity contribution in [3.63, 3.8) is 0 Å². The van der Waals surface area contributed by atoms with Crippen LogP contribution in [0, 0.1) is 17.8 Å². The summed E-state index contributed by atoms with van der Waals surface area (Å²) >= 11 is 0. The standard InChI is InChI=1S/C24H40N2O2/c1-19(2)23-10-9-20(3)15-24(23)28-18-22(27)17-26-13-11-25(12-14-26)16-21-7-5-4-6-8-21/h4-8,19-20,22-24,27H,9-18H2,1-3H3/t20-,22+,23+,24+/m1/s1. The Hall–Kier alpha value is -0.940. The highest BCUT2D eigenvalue weighted by atomic mass is 16.5. The van der Waals surface area contributed by atoms with Gasteiger partial charge in [-0.05, 0) is 36.2 Å². The predicted octanol–water partition coefficient (Wildman–Crippen LogP) is 3.64. The Bertz CT molecular complexity index is 557. The molecular formula is C24H40N2O2. The number of aliphatic hydroxyl groups is 1. The van der Waals surface area contributed by atoms with E-state index < -0.39 is 0 Å². The van der Waals surface area contributed by atoms with Crippen molar-refractivity contribution in [1.29, 1.82) is 0 Å². The molecule has 1 aliphatic heterocycles. The molecule has 1 aliphatic carbocycles. The topological polar surface area (TPSA) is 35.9 Å². The van der Waals surface area contributed by atoms with E-state index in [0.29, 0.717) is 24.5 Å². The van der Waals surface area contributed by atoms with E-state index >= 15 is 0 Å². The van der Waals surface area contributed by atoms with Gasteiger partial charge in [0.2, 0.25) is 0 Å². The molecule has 0 spiro atoms. The lowest BCUT2D eigenvalue weighted by molar-refractivity contribution is -0.0755. The van der Waals surface area contributed by atoms with Gasteiger partial charge in [-0.15, -0.1) is 0 Å². The molecular weight excluding hydrogens is 348 g/mol. The first kappa shape index (κ1) is 21.8. The number of hydrogen-bond donors (Lipinski definition) is 1. The second-order valence-corrected chi connectivity index (χ2v) is 9.41. The quantitative estimate of drug-likeness (QED) is 0.738. The average Bonchev–Trinajstić information content (AvgIpc) is 2.68. The molecule has 1 saturated carbocycles. The number of ether oxygens (including phenoxy) is 1. The molecule has 3 rings (SSSR count). The van der Waals surface area contributed by atoms with Crippen LogP contribution in [0.5, 0.6) is 0 Å². The maximum atomic E-state index is 10.5. The van der Waals surface area contributed by atoms with Gasteiger partial charge in [0, 0.05) is 39.3 Å². The molecule has 0 amide bonds. The van der Waals surface area contributed by atoms with Crippen LogP contribution in [0.15, 0.2) is 30.3 Å². The van der Waals surface area contributed by atoms with Crippen LogP contribution in [0.1, 0.15) is 45.6 Å². The fourth-order valence-corrected chi connectivity index (χ4v) is 4.86. The molecule has 2 fully saturated rings. The van der Waals surface area contributed by atoms with E-state index in [9.17, 15) is 5.11 Å². The molecule has 0 bridgehead atoms. The largest absolute Gasteiger partial charge is 0.389 e. The van der Waals surface area contributed by atoms with Crippen molar-refractivity contribution in [3.8, 4) is 0 Å². The second-order valence-electron chi connectivity index (χ2n) is 9.41. The van der Waals surface area contributed by atoms with Crippen molar-refractivity contribution in [2.24, 2.45) is 17.8 Å². The molecule has 1 saturated heterocycles. The Balaban J connectivity index is 1.36.